The number of ether oxygens (including phenoxy) is 1. The molecule has 1 saturated heterocycles. The molecule has 156 valence electrons. The molecule has 1 unspecified atom stereocenters. The van der Waals surface area contributed by atoms with Crippen molar-refractivity contribution in [3.05, 3.63) is 88.5 Å². The average molecular weight is 420 g/mol. The molecule has 0 saturated carbocycles. The van der Waals surface area contributed by atoms with Crippen LogP contribution in [-0.2, 0) is 10.3 Å². The van der Waals surface area contributed by atoms with E-state index in [1.165, 1.54) is 30.3 Å². The van der Waals surface area contributed by atoms with Crippen LogP contribution in [0.3, 0.4) is 0 Å². The maximum Gasteiger partial charge on any atom is 0.322 e. The highest BCUT2D eigenvalue weighted by molar-refractivity contribution is 6.13. The summed E-state index contributed by atoms with van der Waals surface area (Å²) in [7, 11) is 0. The first kappa shape index (κ1) is 19.2. The number of urea groups is 1. The minimum Gasteiger partial charge on any atom is -0.483 e. The van der Waals surface area contributed by atoms with Crippen molar-refractivity contribution in [2.75, 3.05) is 0 Å². The van der Waals surface area contributed by atoms with Gasteiger partial charge in [-0.1, -0.05) is 30.3 Å². The van der Waals surface area contributed by atoms with Gasteiger partial charge < -0.3 is 10.1 Å². The molecule has 1 spiro atoms. The first-order chi connectivity index (χ1) is 14.8. The molecule has 1 aliphatic heterocycles. The fourth-order valence-corrected chi connectivity index (χ4v) is 4.51. The van der Waals surface area contributed by atoms with Crippen LogP contribution in [0.4, 0.5) is 13.6 Å². The maximum atomic E-state index is 15.1. The molecule has 1 aliphatic carbocycles. The Kier molecular flexibility index (Phi) is 4.12. The van der Waals surface area contributed by atoms with Gasteiger partial charge in [0.1, 0.15) is 11.9 Å². The van der Waals surface area contributed by atoms with Crippen LogP contribution in [0.5, 0.6) is 5.75 Å². The van der Waals surface area contributed by atoms with Crippen LogP contribution in [0.2, 0.25) is 0 Å². The van der Waals surface area contributed by atoms with E-state index in [0.29, 0.717) is 11.1 Å². The summed E-state index contributed by atoms with van der Waals surface area (Å²) < 4.78 is 35.1. The zero-order chi connectivity index (χ0) is 21.9. The average Bonchev–Trinajstić information content (AvgIpc) is 3.16. The van der Waals surface area contributed by atoms with Crippen molar-refractivity contribution in [3.63, 3.8) is 0 Å². The van der Waals surface area contributed by atoms with Gasteiger partial charge in [-0.2, -0.15) is 0 Å². The molecule has 3 aromatic carbocycles. The Morgan fingerprint density at radius 3 is 2.42 bits per heavy atom. The summed E-state index contributed by atoms with van der Waals surface area (Å²) in [5.74, 6) is -1.92. The minimum atomic E-state index is -1.68. The lowest BCUT2D eigenvalue weighted by Gasteiger charge is -2.24. The van der Waals surface area contributed by atoms with Gasteiger partial charge in [0.15, 0.2) is 17.1 Å². The largest absolute Gasteiger partial charge is 0.483 e. The highest BCUT2D eigenvalue weighted by Gasteiger charge is 2.55. The molecular formula is C24H18F2N2O3. The van der Waals surface area contributed by atoms with E-state index in [-0.39, 0.29) is 16.9 Å². The molecular weight excluding hydrogens is 402 g/mol. The number of carbonyl (C=O) groups excluding carboxylic acids is 2. The third-order valence-electron chi connectivity index (χ3n) is 5.95. The third-order valence-corrected chi connectivity index (χ3v) is 5.95. The molecule has 3 aromatic rings. The summed E-state index contributed by atoms with van der Waals surface area (Å²) in [5, 5.41) is 4.75. The van der Waals surface area contributed by atoms with Gasteiger partial charge in [-0.15, -0.1) is 0 Å². The molecule has 3 amide bonds. The van der Waals surface area contributed by atoms with E-state index in [0.717, 1.165) is 11.1 Å². The van der Waals surface area contributed by atoms with E-state index in [1.54, 1.807) is 0 Å². The number of fused-ring (bicyclic) bond motifs is 5. The maximum absolute atomic E-state index is 15.1. The predicted molar refractivity (Wildman–Crippen MR) is 109 cm³/mol. The lowest BCUT2D eigenvalue weighted by Crippen LogP contribution is -2.43. The first-order valence-corrected chi connectivity index (χ1v) is 9.81. The lowest BCUT2D eigenvalue weighted by atomic mass is 9.87. The number of halogens is 2. The van der Waals surface area contributed by atoms with Crippen molar-refractivity contribution >= 4 is 11.9 Å². The number of nitrogens with one attached hydrogen (secondary N) is 2. The Balaban J connectivity index is 1.65. The van der Waals surface area contributed by atoms with E-state index in [9.17, 15) is 14.0 Å². The Hall–Kier alpha value is -3.74. The van der Waals surface area contributed by atoms with Gasteiger partial charge in [0, 0.05) is 11.1 Å². The number of imide groups is 1. The fraction of sp³-hybridized carbons (Fsp3) is 0.167. The Labute approximate surface area is 177 Å². The molecule has 5 nitrogen and oxygen atoms in total. The molecule has 0 radical (unpaired) electrons. The van der Waals surface area contributed by atoms with Crippen molar-refractivity contribution in [1.29, 1.82) is 0 Å². The number of hydrogen-bond acceptors (Lipinski definition) is 3. The molecule has 0 bridgehead atoms. The summed E-state index contributed by atoms with van der Waals surface area (Å²) in [6.07, 6.45) is -0.425. The van der Waals surface area contributed by atoms with E-state index in [1.807, 2.05) is 38.1 Å². The van der Waals surface area contributed by atoms with Gasteiger partial charge in [0.25, 0.3) is 5.91 Å². The zero-order valence-corrected chi connectivity index (χ0v) is 16.8. The molecule has 2 atom stereocenters. The van der Waals surface area contributed by atoms with Crippen molar-refractivity contribution < 1.29 is 23.1 Å². The molecule has 2 aliphatic rings. The van der Waals surface area contributed by atoms with Crippen molar-refractivity contribution in [1.82, 2.24) is 10.6 Å². The normalized spacial score (nSPS) is 19.6. The minimum absolute atomic E-state index is 0.00607. The topological polar surface area (TPSA) is 67.4 Å². The van der Waals surface area contributed by atoms with Crippen LogP contribution >= 0.6 is 0 Å². The van der Waals surface area contributed by atoms with Gasteiger partial charge >= 0.3 is 6.03 Å². The van der Waals surface area contributed by atoms with Crippen LogP contribution < -0.4 is 15.4 Å². The van der Waals surface area contributed by atoms with Crippen molar-refractivity contribution in [2.24, 2.45) is 0 Å². The third kappa shape index (κ3) is 2.73. The molecule has 1 fully saturated rings. The predicted octanol–water partition coefficient (Wildman–Crippen LogP) is 4.48. The second-order valence-corrected chi connectivity index (χ2v) is 7.79. The van der Waals surface area contributed by atoms with Crippen LogP contribution in [0, 0.1) is 18.6 Å². The molecule has 31 heavy (non-hydrogen) atoms. The number of hydrogen-bond donors (Lipinski definition) is 2. The lowest BCUT2D eigenvalue weighted by molar-refractivity contribution is -0.122. The number of aryl methyl sites for hydroxylation is 1. The molecule has 0 aromatic heterocycles. The van der Waals surface area contributed by atoms with Crippen LogP contribution in [0.15, 0.2) is 54.6 Å². The zero-order valence-electron chi connectivity index (χ0n) is 16.8. The number of rotatable bonds is 3. The molecule has 7 heteroatoms. The SMILES string of the molecule is Cc1ccccc1[C@H](C)Oc1cc2c(cc1F)C1(NC(=O)NC1=O)c1cc(F)ccc1-2. The van der Waals surface area contributed by atoms with Gasteiger partial charge in [0.2, 0.25) is 0 Å². The standard InChI is InChI=1S/C24H18F2N2O3/c1-12-5-3-4-6-15(12)13(2)31-21-10-17-16-8-7-14(25)9-18(16)24(19(17)11-20(21)26)22(29)27-23(30)28-24/h3-11,13H,1-2H3,(H2,27,28,29,30)/t13-,24?/m0/s1. The molecule has 5 rings (SSSR count). The molecule has 1 heterocycles. The summed E-state index contributed by atoms with van der Waals surface area (Å²) in [6.45, 7) is 3.77. The van der Waals surface area contributed by atoms with Gasteiger partial charge in [0.05, 0.1) is 0 Å². The Morgan fingerprint density at radius 2 is 1.71 bits per heavy atom. The van der Waals surface area contributed by atoms with E-state index < -0.39 is 35.2 Å². The summed E-state index contributed by atoms with van der Waals surface area (Å²) in [5.41, 5.74) is 1.79. The second kappa shape index (κ2) is 6.63. The summed E-state index contributed by atoms with van der Waals surface area (Å²) in [4.78, 5) is 24.7. The summed E-state index contributed by atoms with van der Waals surface area (Å²) in [6, 6.07) is 13.6. The number of amides is 3. The van der Waals surface area contributed by atoms with Crippen molar-refractivity contribution in [3.8, 4) is 16.9 Å². The van der Waals surface area contributed by atoms with Crippen molar-refractivity contribution in [2.45, 2.75) is 25.5 Å². The Bertz CT molecular complexity index is 1270. The van der Waals surface area contributed by atoms with E-state index >= 15 is 4.39 Å². The quantitative estimate of drug-likeness (QED) is 0.614. The van der Waals surface area contributed by atoms with Crippen LogP contribution in [0.1, 0.15) is 35.3 Å². The Morgan fingerprint density at radius 1 is 0.968 bits per heavy atom. The van der Waals surface area contributed by atoms with E-state index in [4.69, 9.17) is 4.74 Å². The van der Waals surface area contributed by atoms with Gasteiger partial charge in [-0.05, 0) is 60.4 Å². The summed E-state index contributed by atoms with van der Waals surface area (Å²) >= 11 is 0. The monoisotopic (exact) mass is 420 g/mol. The number of carbonyl (C=O) groups is 2. The smallest absolute Gasteiger partial charge is 0.322 e. The highest BCUT2D eigenvalue weighted by atomic mass is 19.1. The molecule has 2 N–H and O–H groups in total. The second-order valence-electron chi connectivity index (χ2n) is 7.79. The van der Waals surface area contributed by atoms with Crippen LogP contribution in [-0.4, -0.2) is 11.9 Å². The van der Waals surface area contributed by atoms with E-state index in [2.05, 4.69) is 10.6 Å². The fourth-order valence-electron chi connectivity index (χ4n) is 4.51. The van der Waals surface area contributed by atoms with Crippen LogP contribution in [0.25, 0.3) is 11.1 Å². The number of benzene rings is 3. The van der Waals surface area contributed by atoms with Gasteiger partial charge in [-0.3, -0.25) is 10.1 Å². The first-order valence-electron chi connectivity index (χ1n) is 9.81. The highest BCUT2D eigenvalue weighted by Crippen LogP contribution is 2.51. The van der Waals surface area contributed by atoms with Gasteiger partial charge in [-0.25, -0.2) is 13.6 Å².